The first kappa shape index (κ1) is 15.5. The predicted molar refractivity (Wildman–Crippen MR) is 93.5 cm³/mol. The van der Waals surface area contributed by atoms with Crippen molar-refractivity contribution >= 4 is 23.3 Å². The van der Waals surface area contributed by atoms with E-state index in [9.17, 15) is 4.79 Å². The van der Waals surface area contributed by atoms with Gasteiger partial charge in [-0.2, -0.15) is 0 Å². The zero-order chi connectivity index (χ0) is 16.4. The normalized spacial score (nSPS) is 13.4. The van der Waals surface area contributed by atoms with E-state index in [0.717, 1.165) is 22.4 Å². The molecular formula is C19H17ClN2O. The molecule has 2 amide bonds. The lowest BCUT2D eigenvalue weighted by molar-refractivity contribution is 0.197. The van der Waals surface area contributed by atoms with Gasteiger partial charge in [0.05, 0.1) is 5.69 Å². The number of fused-ring (bicyclic) bond motifs is 1. The summed E-state index contributed by atoms with van der Waals surface area (Å²) in [5, 5.41) is 0.698. The zero-order valence-corrected chi connectivity index (χ0v) is 13.9. The number of hydrogen-bond donors (Lipinski definition) is 0. The molecule has 1 aliphatic rings. The fourth-order valence-corrected chi connectivity index (χ4v) is 2.91. The third-order valence-electron chi connectivity index (χ3n) is 3.92. The number of urea groups is 1. The molecule has 0 atom stereocenters. The molecule has 4 heteroatoms. The maximum atomic E-state index is 12.6. The quantitative estimate of drug-likeness (QED) is 0.756. The van der Waals surface area contributed by atoms with Gasteiger partial charge in [-0.3, -0.25) is 4.90 Å². The Morgan fingerprint density at radius 1 is 1.17 bits per heavy atom. The Hall–Kier alpha value is -2.44. The van der Waals surface area contributed by atoms with Crippen molar-refractivity contribution in [2.45, 2.75) is 20.0 Å². The summed E-state index contributed by atoms with van der Waals surface area (Å²) in [6.45, 7) is 2.96. The van der Waals surface area contributed by atoms with E-state index in [2.05, 4.69) is 17.9 Å². The predicted octanol–water partition coefficient (Wildman–Crippen LogP) is 4.28. The smallest absolute Gasteiger partial charge is 0.316 e. The highest BCUT2D eigenvalue weighted by Crippen LogP contribution is 2.29. The van der Waals surface area contributed by atoms with Crippen molar-refractivity contribution in [3.8, 4) is 11.8 Å². The maximum Gasteiger partial charge on any atom is 0.324 e. The topological polar surface area (TPSA) is 23.6 Å². The molecule has 0 spiro atoms. The molecule has 2 aromatic rings. The Morgan fingerprint density at radius 2 is 1.91 bits per heavy atom. The van der Waals surface area contributed by atoms with Crippen molar-refractivity contribution in [2.24, 2.45) is 0 Å². The number of rotatable bonds is 2. The van der Waals surface area contributed by atoms with Crippen LogP contribution < -0.4 is 4.90 Å². The molecule has 0 N–H and O–H groups in total. The average molecular weight is 325 g/mol. The van der Waals surface area contributed by atoms with Gasteiger partial charge in [-0.1, -0.05) is 29.7 Å². The Labute approximate surface area is 141 Å². The van der Waals surface area contributed by atoms with Crippen LogP contribution in [0.1, 0.15) is 23.6 Å². The van der Waals surface area contributed by atoms with Crippen LogP contribution in [-0.4, -0.2) is 18.0 Å². The number of carbonyl (C=O) groups excluding carboxylic acids is 1. The van der Waals surface area contributed by atoms with Crippen molar-refractivity contribution in [1.82, 2.24) is 4.90 Å². The summed E-state index contributed by atoms with van der Waals surface area (Å²) < 4.78 is 0. The molecular weight excluding hydrogens is 308 g/mol. The number of hydrogen-bond acceptors (Lipinski definition) is 1. The molecule has 1 aliphatic heterocycles. The summed E-state index contributed by atoms with van der Waals surface area (Å²) in [7, 11) is 1.81. The Kier molecular flexibility index (Phi) is 4.27. The van der Waals surface area contributed by atoms with Crippen LogP contribution in [0.3, 0.4) is 0 Å². The lowest BCUT2D eigenvalue weighted by atomic mass is 10.0. The number of halogens is 1. The van der Waals surface area contributed by atoms with Crippen molar-refractivity contribution < 1.29 is 4.79 Å². The summed E-state index contributed by atoms with van der Waals surface area (Å²) >= 11 is 5.92. The highest BCUT2D eigenvalue weighted by atomic mass is 35.5. The van der Waals surface area contributed by atoms with E-state index in [0.29, 0.717) is 18.1 Å². The van der Waals surface area contributed by atoms with Crippen LogP contribution in [-0.2, 0) is 13.1 Å². The van der Waals surface area contributed by atoms with E-state index in [4.69, 9.17) is 11.6 Å². The second-order valence-corrected chi connectivity index (χ2v) is 5.98. The van der Waals surface area contributed by atoms with Crippen LogP contribution in [0, 0.1) is 11.8 Å². The van der Waals surface area contributed by atoms with Crippen molar-refractivity contribution in [3.63, 3.8) is 0 Å². The van der Waals surface area contributed by atoms with Gasteiger partial charge in [0.15, 0.2) is 0 Å². The lowest BCUT2D eigenvalue weighted by Crippen LogP contribution is -2.44. The monoisotopic (exact) mass is 324 g/mol. The minimum absolute atomic E-state index is 0.00164. The average Bonchev–Trinajstić information content (AvgIpc) is 2.54. The standard InChI is InChI=1S/C19H17ClN2O/c1-3-4-14-7-10-18-16(11-14)13-22(19(23)21(18)2)12-15-5-8-17(20)9-6-15/h5-11H,12-13H2,1-2H3. The van der Waals surface area contributed by atoms with Crippen LogP contribution in [0.4, 0.5) is 10.5 Å². The van der Waals surface area contributed by atoms with Gasteiger partial charge in [0.2, 0.25) is 0 Å². The third-order valence-corrected chi connectivity index (χ3v) is 4.17. The van der Waals surface area contributed by atoms with E-state index in [1.54, 1.807) is 11.9 Å². The van der Waals surface area contributed by atoms with Crippen LogP contribution in [0.5, 0.6) is 0 Å². The van der Waals surface area contributed by atoms with Crippen LogP contribution in [0.15, 0.2) is 42.5 Å². The minimum Gasteiger partial charge on any atom is -0.316 e. The zero-order valence-electron chi connectivity index (χ0n) is 13.1. The van der Waals surface area contributed by atoms with E-state index in [1.807, 2.05) is 48.2 Å². The molecule has 3 rings (SSSR count). The summed E-state index contributed by atoms with van der Waals surface area (Å²) in [6, 6.07) is 13.6. The first-order valence-corrected chi connectivity index (χ1v) is 7.79. The minimum atomic E-state index is 0.00164. The molecule has 0 radical (unpaired) electrons. The van der Waals surface area contributed by atoms with Crippen LogP contribution >= 0.6 is 11.6 Å². The number of benzene rings is 2. The molecule has 0 aliphatic carbocycles. The van der Waals surface area contributed by atoms with Gasteiger partial charge < -0.3 is 4.90 Å². The van der Waals surface area contributed by atoms with Gasteiger partial charge in [-0.25, -0.2) is 4.79 Å². The molecule has 0 aromatic heterocycles. The lowest BCUT2D eigenvalue weighted by Gasteiger charge is -2.35. The third kappa shape index (κ3) is 3.18. The fourth-order valence-electron chi connectivity index (χ4n) is 2.78. The van der Waals surface area contributed by atoms with Crippen LogP contribution in [0.25, 0.3) is 0 Å². The number of amides is 2. The van der Waals surface area contributed by atoms with Gasteiger partial charge in [0.1, 0.15) is 0 Å². The van der Waals surface area contributed by atoms with Gasteiger partial charge in [0, 0.05) is 30.7 Å². The molecule has 3 nitrogen and oxygen atoms in total. The van der Waals surface area contributed by atoms with Crippen molar-refractivity contribution in [2.75, 3.05) is 11.9 Å². The highest BCUT2D eigenvalue weighted by Gasteiger charge is 2.27. The Morgan fingerprint density at radius 3 is 2.61 bits per heavy atom. The van der Waals surface area contributed by atoms with Gasteiger partial charge in [-0.05, 0) is 48.4 Å². The van der Waals surface area contributed by atoms with Crippen molar-refractivity contribution in [3.05, 3.63) is 64.2 Å². The van der Waals surface area contributed by atoms with Gasteiger partial charge >= 0.3 is 6.03 Å². The molecule has 0 saturated heterocycles. The van der Waals surface area contributed by atoms with Gasteiger partial charge in [-0.15, -0.1) is 5.92 Å². The van der Waals surface area contributed by atoms with Crippen LogP contribution in [0.2, 0.25) is 5.02 Å². The number of nitrogens with zero attached hydrogens (tertiary/aromatic N) is 2. The largest absolute Gasteiger partial charge is 0.324 e. The molecule has 116 valence electrons. The first-order chi connectivity index (χ1) is 11.1. The molecule has 0 fully saturated rings. The summed E-state index contributed by atoms with van der Waals surface area (Å²) in [4.78, 5) is 16.1. The summed E-state index contributed by atoms with van der Waals surface area (Å²) in [6.07, 6.45) is 0. The second-order valence-electron chi connectivity index (χ2n) is 5.54. The molecule has 0 saturated carbocycles. The summed E-state index contributed by atoms with van der Waals surface area (Å²) in [5.41, 5.74) is 4.09. The highest BCUT2D eigenvalue weighted by molar-refractivity contribution is 6.30. The number of carbonyl (C=O) groups is 1. The van der Waals surface area contributed by atoms with Crippen molar-refractivity contribution in [1.29, 1.82) is 0 Å². The first-order valence-electron chi connectivity index (χ1n) is 7.41. The Balaban J connectivity index is 1.89. The fraction of sp³-hybridized carbons (Fsp3) is 0.211. The molecule has 0 unspecified atom stereocenters. The summed E-state index contributed by atoms with van der Waals surface area (Å²) in [5.74, 6) is 5.98. The Bertz CT molecular complexity index is 802. The second kappa shape index (κ2) is 6.36. The molecule has 0 bridgehead atoms. The molecule has 2 aromatic carbocycles. The van der Waals surface area contributed by atoms with E-state index in [-0.39, 0.29) is 6.03 Å². The SMILES string of the molecule is CC#Cc1ccc2c(c1)CN(Cc1ccc(Cl)cc1)C(=O)N2C. The van der Waals surface area contributed by atoms with E-state index in [1.165, 1.54) is 0 Å². The van der Waals surface area contributed by atoms with E-state index >= 15 is 0 Å². The molecule has 1 heterocycles. The number of anilines is 1. The van der Waals surface area contributed by atoms with E-state index < -0.39 is 0 Å². The maximum absolute atomic E-state index is 12.6. The van der Waals surface area contributed by atoms with Gasteiger partial charge in [0.25, 0.3) is 0 Å². The molecule has 23 heavy (non-hydrogen) atoms.